The highest BCUT2D eigenvalue weighted by Crippen LogP contribution is 2.31. The molecule has 8 nitrogen and oxygen atoms in total. The molecule has 0 saturated heterocycles. The number of hydrogen-bond acceptors (Lipinski definition) is 7. The fourth-order valence-corrected chi connectivity index (χ4v) is 3.28. The summed E-state index contributed by atoms with van der Waals surface area (Å²) in [5.74, 6) is 0.916. The molecule has 32 heavy (non-hydrogen) atoms. The number of pyridine rings is 2. The van der Waals surface area contributed by atoms with Gasteiger partial charge in [-0.2, -0.15) is 10.4 Å². The Hall–Kier alpha value is -3.70. The summed E-state index contributed by atoms with van der Waals surface area (Å²) >= 11 is 0. The first-order valence-electron chi connectivity index (χ1n) is 10.6. The van der Waals surface area contributed by atoms with Crippen LogP contribution in [0.4, 0.5) is 5.69 Å². The fourth-order valence-electron chi connectivity index (χ4n) is 3.28. The van der Waals surface area contributed by atoms with Crippen molar-refractivity contribution in [2.24, 2.45) is 7.05 Å². The summed E-state index contributed by atoms with van der Waals surface area (Å²) in [6.45, 7) is 9.61. The van der Waals surface area contributed by atoms with E-state index >= 15 is 0 Å². The van der Waals surface area contributed by atoms with Crippen molar-refractivity contribution >= 4 is 5.69 Å². The summed E-state index contributed by atoms with van der Waals surface area (Å²) in [6, 6.07) is 7.79. The number of nitriles is 1. The van der Waals surface area contributed by atoms with Crippen molar-refractivity contribution in [2.75, 3.05) is 25.0 Å². The third kappa shape index (κ3) is 5.93. The second-order valence-electron chi connectivity index (χ2n) is 7.66. The van der Waals surface area contributed by atoms with Gasteiger partial charge in [0.05, 0.1) is 18.4 Å². The van der Waals surface area contributed by atoms with Crippen LogP contribution in [0.25, 0.3) is 11.1 Å². The van der Waals surface area contributed by atoms with Crippen LogP contribution >= 0.6 is 0 Å². The van der Waals surface area contributed by atoms with Crippen LogP contribution in [0.15, 0.2) is 55.6 Å². The van der Waals surface area contributed by atoms with E-state index in [2.05, 4.69) is 39.2 Å². The Bertz CT molecular complexity index is 1070. The normalized spacial score (nSPS) is 15.1. The quantitative estimate of drug-likeness (QED) is 0.576. The van der Waals surface area contributed by atoms with Crippen molar-refractivity contribution in [3.63, 3.8) is 0 Å². The number of allylic oxidation sites excluding steroid dienone is 1. The topological polar surface area (TPSA) is 101 Å². The van der Waals surface area contributed by atoms with Crippen molar-refractivity contribution in [1.82, 2.24) is 25.1 Å². The molecule has 0 spiro atoms. The van der Waals surface area contributed by atoms with Crippen molar-refractivity contribution in [3.05, 3.63) is 66.9 Å². The molecule has 8 heteroatoms. The lowest BCUT2D eigenvalue weighted by molar-refractivity contribution is 0.193. The second-order valence-corrected chi connectivity index (χ2v) is 7.66. The third-order valence-electron chi connectivity index (χ3n) is 4.98. The summed E-state index contributed by atoms with van der Waals surface area (Å²) < 4.78 is 7.81. The number of ether oxygens (including phenoxy) is 1. The molecule has 166 valence electrons. The van der Waals surface area contributed by atoms with Crippen molar-refractivity contribution in [1.29, 1.82) is 5.26 Å². The van der Waals surface area contributed by atoms with E-state index in [1.54, 1.807) is 23.0 Å². The molecule has 0 amide bonds. The van der Waals surface area contributed by atoms with E-state index in [0.29, 0.717) is 30.6 Å². The molecule has 4 heterocycles. The molecule has 0 aromatic carbocycles. The monoisotopic (exact) mass is 431 g/mol. The van der Waals surface area contributed by atoms with Gasteiger partial charge in [0.25, 0.3) is 0 Å². The highest BCUT2D eigenvalue weighted by Gasteiger charge is 2.21. The highest BCUT2D eigenvalue weighted by atomic mass is 16.5. The number of aryl methyl sites for hydroxylation is 1. The first-order chi connectivity index (χ1) is 15.5. The molecule has 3 aromatic rings. The fraction of sp³-hybridized carbons (Fsp3) is 0.333. The molecule has 4 rings (SSSR count). The minimum atomic E-state index is 0.00512. The lowest BCUT2D eigenvalue weighted by Crippen LogP contribution is -2.40. The van der Waals surface area contributed by atoms with Gasteiger partial charge >= 0.3 is 0 Å². The van der Waals surface area contributed by atoms with E-state index < -0.39 is 0 Å². The summed E-state index contributed by atoms with van der Waals surface area (Å²) in [6.07, 6.45) is 9.12. The molecule has 3 aromatic heterocycles. The van der Waals surface area contributed by atoms with Crippen LogP contribution in [-0.4, -0.2) is 45.5 Å². The molecule has 0 fully saturated rings. The molecule has 0 radical (unpaired) electrons. The number of nitrogens with zero attached hydrogens (tertiary/aromatic N) is 5. The zero-order chi connectivity index (χ0) is 22.9. The van der Waals surface area contributed by atoms with Gasteiger partial charge in [0.1, 0.15) is 17.9 Å². The predicted molar refractivity (Wildman–Crippen MR) is 125 cm³/mol. The number of anilines is 1. The molecule has 2 unspecified atom stereocenters. The predicted octanol–water partition coefficient (Wildman–Crippen LogP) is 3.51. The van der Waals surface area contributed by atoms with Gasteiger partial charge in [-0.05, 0) is 30.5 Å². The van der Waals surface area contributed by atoms with Crippen LogP contribution in [0.2, 0.25) is 0 Å². The van der Waals surface area contributed by atoms with Gasteiger partial charge in [-0.25, -0.2) is 9.97 Å². The Morgan fingerprint density at radius 1 is 1.34 bits per heavy atom. The Morgan fingerprint density at radius 3 is 2.81 bits per heavy atom. The van der Waals surface area contributed by atoms with Crippen LogP contribution in [0.5, 0.6) is 5.88 Å². The summed E-state index contributed by atoms with van der Waals surface area (Å²) in [5.41, 5.74) is 4.48. The van der Waals surface area contributed by atoms with Crippen molar-refractivity contribution in [2.45, 2.75) is 25.9 Å². The largest absolute Gasteiger partial charge is 0.470 e. The minimum Gasteiger partial charge on any atom is -0.470 e. The summed E-state index contributed by atoms with van der Waals surface area (Å²) in [4.78, 5) is 8.61. The zero-order valence-electron chi connectivity index (χ0n) is 18.7. The molecule has 2 atom stereocenters. The lowest BCUT2D eigenvalue weighted by Gasteiger charge is -2.27. The summed E-state index contributed by atoms with van der Waals surface area (Å²) in [7, 11) is 1.90. The first-order valence-corrected chi connectivity index (χ1v) is 10.6. The van der Waals surface area contributed by atoms with E-state index in [4.69, 9.17) is 10.00 Å². The molecule has 2 N–H and O–H groups in total. The van der Waals surface area contributed by atoms with Crippen LogP contribution in [0, 0.1) is 11.3 Å². The Morgan fingerprint density at radius 2 is 2.16 bits per heavy atom. The smallest absolute Gasteiger partial charge is 0.237 e. The van der Waals surface area contributed by atoms with E-state index in [1.165, 1.54) is 0 Å². The zero-order valence-corrected chi connectivity index (χ0v) is 18.7. The SMILES string of the molecule is C=CC.CC(CNCC1CNc2cc(-c3cnn(C)c3)cnc2O1)c1ccc(C#N)nc1. The average molecular weight is 432 g/mol. The van der Waals surface area contributed by atoms with Gasteiger partial charge in [-0.3, -0.25) is 4.68 Å². The van der Waals surface area contributed by atoms with Crippen molar-refractivity contribution in [3.8, 4) is 23.1 Å². The number of aromatic nitrogens is 4. The molecule has 0 saturated carbocycles. The summed E-state index contributed by atoms with van der Waals surface area (Å²) in [5, 5.41) is 19.9. The average Bonchev–Trinajstić information content (AvgIpc) is 3.25. The number of rotatable bonds is 6. The van der Waals surface area contributed by atoms with Crippen LogP contribution in [-0.2, 0) is 7.05 Å². The standard InChI is InChI=1S/C21H23N7O.C3H6/c1-14(15-3-4-18(6-22)24-8-15)7-23-11-19-12-25-20-5-16(9-26-21(20)29-19)17-10-27-28(2)13-17;1-3-2/h3-5,8-10,13-14,19,23,25H,7,11-12H2,1-2H3;3H,1H2,2H3. The maximum atomic E-state index is 8.84. The van der Waals surface area contributed by atoms with E-state index in [9.17, 15) is 0 Å². The minimum absolute atomic E-state index is 0.00512. The first kappa shape index (κ1) is 23.0. The third-order valence-corrected chi connectivity index (χ3v) is 4.98. The van der Waals surface area contributed by atoms with Gasteiger partial charge in [0, 0.05) is 49.9 Å². The molecule has 0 aliphatic carbocycles. The van der Waals surface area contributed by atoms with Crippen molar-refractivity contribution < 1.29 is 4.74 Å². The van der Waals surface area contributed by atoms with Gasteiger partial charge in [0.15, 0.2) is 0 Å². The molecule has 1 aliphatic rings. The van der Waals surface area contributed by atoms with Gasteiger partial charge < -0.3 is 15.4 Å². The van der Waals surface area contributed by atoms with Gasteiger partial charge in [0.2, 0.25) is 5.88 Å². The number of fused-ring (bicyclic) bond motifs is 1. The van der Waals surface area contributed by atoms with E-state index in [0.717, 1.165) is 28.9 Å². The Labute approximate surface area is 189 Å². The maximum absolute atomic E-state index is 8.84. The number of hydrogen-bond donors (Lipinski definition) is 2. The molecular weight excluding hydrogens is 402 g/mol. The van der Waals surface area contributed by atoms with Gasteiger partial charge in [-0.15, -0.1) is 6.58 Å². The van der Waals surface area contributed by atoms with E-state index in [1.807, 2.05) is 50.8 Å². The molecule has 1 aliphatic heterocycles. The number of nitrogens with one attached hydrogen (secondary N) is 2. The Kier molecular flexibility index (Phi) is 7.95. The second kappa shape index (κ2) is 11.1. The maximum Gasteiger partial charge on any atom is 0.237 e. The van der Waals surface area contributed by atoms with Crippen LogP contribution in [0.1, 0.15) is 31.0 Å². The van der Waals surface area contributed by atoms with Gasteiger partial charge in [-0.1, -0.05) is 19.1 Å². The molecule has 0 bridgehead atoms. The van der Waals surface area contributed by atoms with Crippen LogP contribution in [0.3, 0.4) is 0 Å². The van der Waals surface area contributed by atoms with E-state index in [-0.39, 0.29) is 6.10 Å². The molecular formula is C24H29N7O. The lowest BCUT2D eigenvalue weighted by atomic mass is 10.0. The van der Waals surface area contributed by atoms with Crippen LogP contribution < -0.4 is 15.4 Å². The highest BCUT2D eigenvalue weighted by molar-refractivity contribution is 5.69. The Balaban J connectivity index is 0.000000913.